The fourth-order valence-corrected chi connectivity index (χ4v) is 2.92. The molecule has 1 heterocycles. The van der Waals surface area contributed by atoms with Crippen molar-refractivity contribution in [1.29, 1.82) is 0 Å². The molecule has 1 aromatic carbocycles. The normalized spacial score (nSPS) is 20.3. The molecule has 1 amide bonds. The highest BCUT2D eigenvalue weighted by Crippen LogP contribution is 2.22. The minimum atomic E-state index is 0.0363. The van der Waals surface area contributed by atoms with E-state index >= 15 is 0 Å². The highest BCUT2D eigenvalue weighted by molar-refractivity contribution is 5.94. The third-order valence-electron chi connectivity index (χ3n) is 4.24. The standard InChI is InChI=1S/C15H21N3O/c1-17-7-9-18(10-8-17)16-15(19)14-6-5-12-3-2-4-13(12)11-14/h5-6,11H,2-4,7-10H2,1H3,(H,16,19)/p+1. The summed E-state index contributed by atoms with van der Waals surface area (Å²) in [6, 6.07) is 6.14. The molecule has 1 aliphatic heterocycles. The molecule has 2 aliphatic rings. The maximum atomic E-state index is 12.2. The number of nitrogens with one attached hydrogen (secondary N) is 2. The smallest absolute Gasteiger partial charge is 0.265 e. The van der Waals surface area contributed by atoms with E-state index in [2.05, 4.69) is 24.6 Å². The number of carbonyl (C=O) groups is 1. The molecule has 102 valence electrons. The van der Waals surface area contributed by atoms with Crippen molar-refractivity contribution in [2.24, 2.45) is 0 Å². The van der Waals surface area contributed by atoms with Crippen LogP contribution in [0.3, 0.4) is 0 Å². The summed E-state index contributed by atoms with van der Waals surface area (Å²) in [5.74, 6) is 0.0363. The van der Waals surface area contributed by atoms with Crippen molar-refractivity contribution in [3.63, 3.8) is 0 Å². The quantitative estimate of drug-likeness (QED) is 0.763. The third kappa shape index (κ3) is 2.80. The van der Waals surface area contributed by atoms with E-state index in [1.807, 2.05) is 11.1 Å². The third-order valence-corrected chi connectivity index (χ3v) is 4.24. The first-order valence-corrected chi connectivity index (χ1v) is 7.21. The zero-order valence-corrected chi connectivity index (χ0v) is 11.5. The van der Waals surface area contributed by atoms with Crippen LogP contribution >= 0.6 is 0 Å². The Morgan fingerprint density at radius 1 is 1.21 bits per heavy atom. The van der Waals surface area contributed by atoms with Gasteiger partial charge in [-0.3, -0.25) is 10.2 Å². The summed E-state index contributed by atoms with van der Waals surface area (Å²) >= 11 is 0. The van der Waals surface area contributed by atoms with Crippen molar-refractivity contribution >= 4 is 5.91 Å². The van der Waals surface area contributed by atoms with Crippen LogP contribution in [-0.2, 0) is 12.8 Å². The summed E-state index contributed by atoms with van der Waals surface area (Å²) in [4.78, 5) is 13.8. The van der Waals surface area contributed by atoms with Crippen molar-refractivity contribution in [1.82, 2.24) is 10.4 Å². The number of likely N-dealkylation sites (N-methyl/N-ethyl adjacent to an activating group) is 1. The molecule has 0 unspecified atom stereocenters. The van der Waals surface area contributed by atoms with Gasteiger partial charge in [0.2, 0.25) is 0 Å². The molecular weight excluding hydrogens is 238 g/mol. The maximum Gasteiger partial charge on any atom is 0.265 e. The largest absolute Gasteiger partial charge is 0.335 e. The first kappa shape index (κ1) is 12.6. The number of hydrogen-bond acceptors (Lipinski definition) is 2. The van der Waals surface area contributed by atoms with Gasteiger partial charge in [0.25, 0.3) is 5.91 Å². The molecule has 0 saturated carbocycles. The van der Waals surface area contributed by atoms with Crippen LogP contribution in [0.4, 0.5) is 0 Å². The highest BCUT2D eigenvalue weighted by atomic mass is 16.2. The lowest BCUT2D eigenvalue weighted by molar-refractivity contribution is -0.884. The Hall–Kier alpha value is -1.39. The van der Waals surface area contributed by atoms with E-state index < -0.39 is 0 Å². The van der Waals surface area contributed by atoms with Crippen LogP contribution in [0.2, 0.25) is 0 Å². The van der Waals surface area contributed by atoms with E-state index in [-0.39, 0.29) is 5.91 Å². The number of benzene rings is 1. The number of rotatable bonds is 2. The summed E-state index contributed by atoms with van der Waals surface area (Å²) < 4.78 is 0. The zero-order chi connectivity index (χ0) is 13.2. The van der Waals surface area contributed by atoms with Gasteiger partial charge in [0.1, 0.15) is 0 Å². The molecule has 0 spiro atoms. The van der Waals surface area contributed by atoms with Gasteiger partial charge in [0, 0.05) is 5.56 Å². The average molecular weight is 260 g/mol. The van der Waals surface area contributed by atoms with E-state index in [0.29, 0.717) is 0 Å². The number of amides is 1. The number of quaternary nitrogens is 1. The second-order valence-electron chi connectivity index (χ2n) is 5.72. The lowest BCUT2D eigenvalue weighted by atomic mass is 10.1. The predicted molar refractivity (Wildman–Crippen MR) is 74.1 cm³/mol. The highest BCUT2D eigenvalue weighted by Gasteiger charge is 2.19. The lowest BCUT2D eigenvalue weighted by Crippen LogP contribution is -3.12. The van der Waals surface area contributed by atoms with Crippen LogP contribution < -0.4 is 10.3 Å². The van der Waals surface area contributed by atoms with Crippen molar-refractivity contribution in [2.45, 2.75) is 19.3 Å². The summed E-state index contributed by atoms with van der Waals surface area (Å²) in [5, 5.41) is 2.04. The molecule has 19 heavy (non-hydrogen) atoms. The summed E-state index contributed by atoms with van der Waals surface area (Å²) in [7, 11) is 2.19. The fourth-order valence-electron chi connectivity index (χ4n) is 2.92. The van der Waals surface area contributed by atoms with Crippen LogP contribution in [0.5, 0.6) is 0 Å². The van der Waals surface area contributed by atoms with E-state index in [1.54, 1.807) is 0 Å². The predicted octanol–water partition coefficient (Wildman–Crippen LogP) is -0.350. The second-order valence-corrected chi connectivity index (χ2v) is 5.72. The second kappa shape index (κ2) is 5.31. The first-order chi connectivity index (χ1) is 9.22. The Balaban J connectivity index is 1.64. The Kier molecular flexibility index (Phi) is 3.53. The molecule has 1 aromatic rings. The van der Waals surface area contributed by atoms with Gasteiger partial charge in [-0.15, -0.1) is 0 Å². The first-order valence-electron chi connectivity index (χ1n) is 7.21. The van der Waals surface area contributed by atoms with Gasteiger partial charge in [-0.05, 0) is 42.5 Å². The number of piperazine rings is 1. The Morgan fingerprint density at radius 3 is 2.74 bits per heavy atom. The molecule has 1 fully saturated rings. The molecule has 3 rings (SSSR count). The molecule has 0 aromatic heterocycles. The van der Waals surface area contributed by atoms with Gasteiger partial charge in [-0.2, -0.15) is 0 Å². The van der Waals surface area contributed by atoms with Gasteiger partial charge in [-0.1, -0.05) is 6.07 Å². The number of carbonyl (C=O) groups excluding carboxylic acids is 1. The van der Waals surface area contributed by atoms with Gasteiger partial charge < -0.3 is 4.90 Å². The Morgan fingerprint density at radius 2 is 1.95 bits per heavy atom. The molecule has 1 saturated heterocycles. The summed E-state index contributed by atoms with van der Waals surface area (Å²) in [5.41, 5.74) is 6.60. The number of nitrogens with zero attached hydrogens (tertiary/aromatic N) is 1. The molecule has 0 atom stereocenters. The summed E-state index contributed by atoms with van der Waals surface area (Å²) in [6.07, 6.45) is 3.51. The van der Waals surface area contributed by atoms with Crippen LogP contribution in [0.15, 0.2) is 18.2 Å². The molecule has 1 aliphatic carbocycles. The zero-order valence-electron chi connectivity index (χ0n) is 11.5. The molecule has 4 nitrogen and oxygen atoms in total. The number of fused-ring (bicyclic) bond motifs is 1. The summed E-state index contributed by atoms with van der Waals surface area (Å²) in [6.45, 7) is 4.04. The van der Waals surface area contributed by atoms with Gasteiger partial charge in [0.05, 0.1) is 33.2 Å². The monoisotopic (exact) mass is 260 g/mol. The van der Waals surface area contributed by atoms with Gasteiger partial charge in [0.15, 0.2) is 0 Å². The SMILES string of the molecule is C[NH+]1CCN(NC(=O)c2ccc3c(c2)CCC3)CC1. The number of aryl methyl sites for hydroxylation is 2. The average Bonchev–Trinajstić information content (AvgIpc) is 2.88. The van der Waals surface area contributed by atoms with Crippen molar-refractivity contribution < 1.29 is 9.69 Å². The lowest BCUT2D eigenvalue weighted by Gasteiger charge is -2.30. The van der Waals surface area contributed by atoms with Crippen LogP contribution in [0.1, 0.15) is 27.9 Å². The molecular formula is C15H22N3O+. The van der Waals surface area contributed by atoms with Crippen LogP contribution in [0, 0.1) is 0 Å². The van der Waals surface area contributed by atoms with Crippen molar-refractivity contribution in [3.05, 3.63) is 34.9 Å². The van der Waals surface area contributed by atoms with Gasteiger partial charge >= 0.3 is 0 Å². The molecule has 4 heteroatoms. The maximum absolute atomic E-state index is 12.2. The van der Waals surface area contributed by atoms with Crippen molar-refractivity contribution in [3.8, 4) is 0 Å². The number of hydrazine groups is 1. The molecule has 2 N–H and O–H groups in total. The van der Waals surface area contributed by atoms with E-state index in [9.17, 15) is 4.79 Å². The minimum absolute atomic E-state index is 0.0363. The van der Waals surface area contributed by atoms with Gasteiger partial charge in [-0.25, -0.2) is 5.01 Å². The fraction of sp³-hybridized carbons (Fsp3) is 0.533. The minimum Gasteiger partial charge on any atom is -0.335 e. The van der Waals surface area contributed by atoms with Crippen LogP contribution in [0.25, 0.3) is 0 Å². The van der Waals surface area contributed by atoms with E-state index in [1.165, 1.54) is 28.9 Å². The Bertz CT molecular complexity index is 478. The van der Waals surface area contributed by atoms with E-state index in [0.717, 1.165) is 38.2 Å². The van der Waals surface area contributed by atoms with E-state index in [4.69, 9.17) is 0 Å². The van der Waals surface area contributed by atoms with Crippen molar-refractivity contribution in [2.75, 3.05) is 33.2 Å². The molecule has 0 radical (unpaired) electrons. The Labute approximate surface area is 114 Å². The van der Waals surface area contributed by atoms with Crippen LogP contribution in [-0.4, -0.2) is 44.1 Å². The number of hydrogen-bond donors (Lipinski definition) is 2. The topological polar surface area (TPSA) is 36.8 Å². The molecule has 0 bridgehead atoms.